The van der Waals surface area contributed by atoms with E-state index in [1.807, 2.05) is 5.48 Å². The highest BCUT2D eigenvalue weighted by Gasteiger charge is 2.53. The quantitative estimate of drug-likeness (QED) is 0.367. The summed E-state index contributed by atoms with van der Waals surface area (Å²) in [6.07, 6.45) is 4.93. The van der Waals surface area contributed by atoms with Crippen molar-refractivity contribution in [2.75, 3.05) is 12.1 Å². The van der Waals surface area contributed by atoms with Gasteiger partial charge in [-0.05, 0) is 6.92 Å². The smallest absolute Gasteiger partial charge is 0.167 e. The minimum absolute atomic E-state index is 0.110. The Morgan fingerprint density at radius 3 is 2.83 bits per heavy atom. The molecule has 0 saturated carbocycles. The topological polar surface area (TPSA) is 133 Å². The molecule has 3 rings (SSSR count). The van der Waals surface area contributed by atoms with Crippen LogP contribution in [0.25, 0.3) is 11.0 Å². The normalized spacial score (nSPS) is 30.5. The number of anilines is 1. The van der Waals surface area contributed by atoms with Gasteiger partial charge in [-0.3, -0.25) is 10.7 Å². The van der Waals surface area contributed by atoms with Crippen molar-refractivity contribution < 1.29 is 25.3 Å². The summed E-state index contributed by atoms with van der Waals surface area (Å²) in [4.78, 5) is 8.00. The molecule has 2 aromatic heterocycles. The van der Waals surface area contributed by atoms with Crippen LogP contribution in [0.15, 0.2) is 12.5 Å². The fourth-order valence-corrected chi connectivity index (χ4v) is 2.85. The number of hydrogen-bond acceptors (Lipinski definition) is 8. The van der Waals surface area contributed by atoms with Crippen molar-refractivity contribution in [2.45, 2.75) is 31.0 Å². The summed E-state index contributed by atoms with van der Waals surface area (Å²) < 4.78 is 7.02. The first-order valence-electron chi connectivity index (χ1n) is 6.84. The Balaban J connectivity index is 2.20. The number of hydrogen-bond donors (Lipinski definition) is 5. The fraction of sp³-hybridized carbons (Fsp3) is 0.429. The Morgan fingerprint density at radius 1 is 1.52 bits per heavy atom. The standard InChI is InChI=1S/C14H16N4O5/c1-3-7-4-18(12-9(7)11(17-22)15-6-16-12)13-14(2,21)10(20)8(5-19)23-13/h1,4,6,8,10,13,19-22H,5H2,2H3,(H,15,16,17). The van der Waals surface area contributed by atoms with Gasteiger partial charge < -0.3 is 24.6 Å². The lowest BCUT2D eigenvalue weighted by molar-refractivity contribution is -0.0948. The predicted molar refractivity (Wildman–Crippen MR) is 78.5 cm³/mol. The summed E-state index contributed by atoms with van der Waals surface area (Å²) in [5.41, 5.74) is 0.947. The third kappa shape index (κ3) is 2.16. The molecule has 1 aliphatic rings. The van der Waals surface area contributed by atoms with Gasteiger partial charge >= 0.3 is 0 Å². The average molecular weight is 320 g/mol. The lowest BCUT2D eigenvalue weighted by atomic mass is 9.96. The van der Waals surface area contributed by atoms with Crippen LogP contribution < -0.4 is 5.48 Å². The lowest BCUT2D eigenvalue weighted by Gasteiger charge is -2.27. The molecule has 0 aliphatic carbocycles. The number of aromatic nitrogens is 3. The van der Waals surface area contributed by atoms with Gasteiger partial charge in [-0.25, -0.2) is 9.97 Å². The first-order chi connectivity index (χ1) is 11.0. The molecule has 2 aromatic rings. The van der Waals surface area contributed by atoms with Gasteiger partial charge in [0.25, 0.3) is 0 Å². The van der Waals surface area contributed by atoms with Gasteiger partial charge in [0.05, 0.1) is 17.6 Å². The number of nitrogens with one attached hydrogen (secondary N) is 1. The Bertz CT molecular complexity index is 781. The van der Waals surface area contributed by atoms with Gasteiger partial charge in [-0.2, -0.15) is 0 Å². The third-order valence-corrected chi connectivity index (χ3v) is 4.06. The van der Waals surface area contributed by atoms with Crippen LogP contribution in [-0.2, 0) is 4.74 Å². The fourth-order valence-electron chi connectivity index (χ4n) is 2.85. The molecule has 9 heteroatoms. The van der Waals surface area contributed by atoms with E-state index in [4.69, 9.17) is 11.2 Å². The Labute approximate surface area is 131 Å². The van der Waals surface area contributed by atoms with E-state index in [0.29, 0.717) is 16.6 Å². The van der Waals surface area contributed by atoms with Crippen LogP contribution in [0.3, 0.4) is 0 Å². The van der Waals surface area contributed by atoms with Crippen molar-refractivity contribution in [1.82, 2.24) is 14.5 Å². The Morgan fingerprint density at radius 2 is 2.26 bits per heavy atom. The van der Waals surface area contributed by atoms with Crippen LogP contribution in [0, 0.1) is 12.3 Å². The van der Waals surface area contributed by atoms with E-state index in [-0.39, 0.29) is 5.82 Å². The van der Waals surface area contributed by atoms with Gasteiger partial charge in [0.15, 0.2) is 12.0 Å². The van der Waals surface area contributed by atoms with Crippen LogP contribution in [0.4, 0.5) is 5.82 Å². The zero-order chi connectivity index (χ0) is 16.8. The van der Waals surface area contributed by atoms with Gasteiger partial charge in [-0.1, -0.05) is 5.92 Å². The van der Waals surface area contributed by atoms with Gasteiger partial charge in [0.1, 0.15) is 29.8 Å². The molecule has 122 valence electrons. The van der Waals surface area contributed by atoms with Crippen LogP contribution in [0.1, 0.15) is 18.7 Å². The van der Waals surface area contributed by atoms with Crippen molar-refractivity contribution in [3.63, 3.8) is 0 Å². The SMILES string of the molecule is C#Cc1cn(C2OC(CO)C(O)C2(C)O)c2ncnc(NO)c12. The molecule has 0 spiro atoms. The number of fused-ring (bicyclic) bond motifs is 1. The summed E-state index contributed by atoms with van der Waals surface area (Å²) in [5.74, 6) is 2.56. The molecule has 5 N–H and O–H groups in total. The highest BCUT2D eigenvalue weighted by atomic mass is 16.6. The maximum absolute atomic E-state index is 10.6. The number of terminal acetylenes is 1. The monoisotopic (exact) mass is 320 g/mol. The molecule has 0 amide bonds. The van der Waals surface area contributed by atoms with E-state index in [9.17, 15) is 20.5 Å². The zero-order valence-electron chi connectivity index (χ0n) is 12.2. The maximum Gasteiger partial charge on any atom is 0.167 e. The van der Waals surface area contributed by atoms with E-state index in [1.54, 1.807) is 0 Å². The number of aliphatic hydroxyl groups excluding tert-OH is 2. The molecular formula is C14H16N4O5. The average Bonchev–Trinajstić information content (AvgIpc) is 3.03. The van der Waals surface area contributed by atoms with Crippen molar-refractivity contribution in [1.29, 1.82) is 0 Å². The lowest BCUT2D eigenvalue weighted by Crippen LogP contribution is -2.44. The summed E-state index contributed by atoms with van der Waals surface area (Å²) in [6, 6.07) is 0. The highest BCUT2D eigenvalue weighted by Crippen LogP contribution is 2.40. The van der Waals surface area contributed by atoms with Crippen molar-refractivity contribution >= 4 is 16.9 Å². The van der Waals surface area contributed by atoms with Crippen LogP contribution in [0.5, 0.6) is 0 Å². The zero-order valence-corrected chi connectivity index (χ0v) is 12.2. The van der Waals surface area contributed by atoms with Gasteiger partial charge in [-0.15, -0.1) is 6.42 Å². The van der Waals surface area contributed by atoms with Crippen molar-refractivity contribution in [2.24, 2.45) is 0 Å². The Kier molecular flexibility index (Phi) is 3.71. The van der Waals surface area contributed by atoms with E-state index >= 15 is 0 Å². The molecule has 3 heterocycles. The summed E-state index contributed by atoms with van der Waals surface area (Å²) in [7, 11) is 0. The molecule has 23 heavy (non-hydrogen) atoms. The van der Waals surface area contributed by atoms with Crippen LogP contribution in [0.2, 0.25) is 0 Å². The number of nitrogens with zero attached hydrogens (tertiary/aromatic N) is 3. The molecule has 4 unspecified atom stereocenters. The van der Waals surface area contributed by atoms with Crippen LogP contribution in [-0.4, -0.2) is 59.5 Å². The molecule has 1 fully saturated rings. The molecule has 0 radical (unpaired) electrons. The minimum atomic E-state index is -1.68. The third-order valence-electron chi connectivity index (χ3n) is 4.06. The summed E-state index contributed by atoms with van der Waals surface area (Å²) in [5, 5.41) is 39.5. The highest BCUT2D eigenvalue weighted by molar-refractivity contribution is 5.92. The predicted octanol–water partition coefficient (Wildman–Crippen LogP) is -0.785. The second-order valence-electron chi connectivity index (χ2n) is 5.51. The Hall–Kier alpha value is -2.22. The van der Waals surface area contributed by atoms with E-state index in [2.05, 4.69) is 15.9 Å². The molecule has 9 nitrogen and oxygen atoms in total. The van der Waals surface area contributed by atoms with E-state index in [0.717, 1.165) is 0 Å². The van der Waals surface area contributed by atoms with Gasteiger partial charge in [0, 0.05) is 6.20 Å². The van der Waals surface area contributed by atoms with Crippen LogP contribution >= 0.6 is 0 Å². The molecular weight excluding hydrogens is 304 g/mol. The second-order valence-corrected chi connectivity index (χ2v) is 5.51. The number of ether oxygens (including phenoxy) is 1. The molecule has 1 saturated heterocycles. The summed E-state index contributed by atoms with van der Waals surface area (Å²) >= 11 is 0. The van der Waals surface area contributed by atoms with Gasteiger partial charge in [0.2, 0.25) is 0 Å². The molecule has 1 aliphatic heterocycles. The van der Waals surface area contributed by atoms with Crippen molar-refractivity contribution in [3.05, 3.63) is 18.1 Å². The maximum atomic E-state index is 10.6. The first kappa shape index (κ1) is 15.7. The van der Waals surface area contributed by atoms with E-state index < -0.39 is 30.6 Å². The molecule has 0 bridgehead atoms. The van der Waals surface area contributed by atoms with E-state index in [1.165, 1.54) is 24.0 Å². The molecule has 4 atom stereocenters. The molecule has 0 aromatic carbocycles. The largest absolute Gasteiger partial charge is 0.394 e. The van der Waals surface area contributed by atoms with Crippen molar-refractivity contribution in [3.8, 4) is 12.3 Å². The number of aliphatic hydroxyl groups is 3. The minimum Gasteiger partial charge on any atom is -0.394 e. The first-order valence-corrected chi connectivity index (χ1v) is 6.84. The summed E-state index contributed by atoms with van der Waals surface area (Å²) in [6.45, 7) is 0.944. The second kappa shape index (κ2) is 5.45. The number of rotatable bonds is 3.